The molecule has 3 aromatic rings. The number of morpholine rings is 1. The minimum Gasteiger partial charge on any atom is -0.378 e. The summed E-state index contributed by atoms with van der Waals surface area (Å²) in [5.41, 5.74) is 6.27. The Kier molecular flexibility index (Phi) is 5.54. The zero-order chi connectivity index (χ0) is 19.3. The number of hydrazine groups is 1. The number of benzene rings is 1. The molecule has 28 heavy (non-hydrogen) atoms. The molecule has 0 saturated carbocycles. The van der Waals surface area contributed by atoms with E-state index < -0.39 is 5.91 Å². The molecule has 0 unspecified atom stereocenters. The van der Waals surface area contributed by atoms with Crippen LogP contribution in [-0.4, -0.2) is 47.7 Å². The second kappa shape index (κ2) is 8.41. The van der Waals surface area contributed by atoms with Crippen LogP contribution in [0.3, 0.4) is 0 Å². The minimum atomic E-state index is -0.421. The highest BCUT2D eigenvalue weighted by Crippen LogP contribution is 2.21. The Labute approximate surface area is 166 Å². The van der Waals surface area contributed by atoms with Crippen molar-refractivity contribution in [1.82, 2.24) is 20.4 Å². The zero-order valence-corrected chi connectivity index (χ0v) is 16.1. The predicted octanol–water partition coefficient (Wildman–Crippen LogP) is 1.79. The lowest BCUT2D eigenvalue weighted by molar-refractivity contribution is -0.122. The highest BCUT2D eigenvalue weighted by molar-refractivity contribution is 7.13. The Morgan fingerprint density at radius 1 is 1.14 bits per heavy atom. The van der Waals surface area contributed by atoms with Gasteiger partial charge in [0.2, 0.25) is 5.91 Å². The van der Waals surface area contributed by atoms with E-state index in [0.29, 0.717) is 25.5 Å². The van der Waals surface area contributed by atoms with Crippen molar-refractivity contribution in [1.29, 1.82) is 0 Å². The number of hydrogen-bond donors (Lipinski definition) is 2. The van der Waals surface area contributed by atoms with Gasteiger partial charge in [-0.25, -0.2) is 4.98 Å². The molecule has 0 atom stereocenters. The van der Waals surface area contributed by atoms with Crippen LogP contribution in [0.25, 0.3) is 10.9 Å². The molecule has 146 valence electrons. The van der Waals surface area contributed by atoms with Crippen molar-refractivity contribution < 1.29 is 14.3 Å². The van der Waals surface area contributed by atoms with Crippen molar-refractivity contribution in [2.24, 2.45) is 0 Å². The van der Waals surface area contributed by atoms with E-state index in [1.54, 1.807) is 5.38 Å². The molecule has 4 rings (SSSR count). The molecule has 0 radical (unpaired) electrons. The Bertz CT molecular complexity index is 977. The van der Waals surface area contributed by atoms with Gasteiger partial charge in [-0.2, -0.15) is 0 Å². The number of aromatic nitrogens is 2. The maximum Gasteiger partial charge on any atom is 0.289 e. The minimum absolute atomic E-state index is 0.255. The van der Waals surface area contributed by atoms with E-state index >= 15 is 0 Å². The third-order valence-electron chi connectivity index (χ3n) is 4.58. The van der Waals surface area contributed by atoms with Gasteiger partial charge in [-0.1, -0.05) is 18.2 Å². The van der Waals surface area contributed by atoms with Gasteiger partial charge in [0.1, 0.15) is 5.69 Å². The van der Waals surface area contributed by atoms with Crippen LogP contribution in [0, 0.1) is 0 Å². The molecule has 1 aliphatic rings. The molecule has 0 aliphatic carbocycles. The molecule has 3 heterocycles. The molecule has 2 N–H and O–H groups in total. The normalized spacial score (nSPS) is 14.2. The largest absolute Gasteiger partial charge is 0.378 e. The zero-order valence-electron chi connectivity index (χ0n) is 15.3. The number of ether oxygens (including phenoxy) is 1. The van der Waals surface area contributed by atoms with Crippen LogP contribution in [0.5, 0.6) is 0 Å². The monoisotopic (exact) mass is 399 g/mol. The van der Waals surface area contributed by atoms with Gasteiger partial charge in [0, 0.05) is 43.1 Å². The van der Waals surface area contributed by atoms with Crippen molar-refractivity contribution in [3.05, 3.63) is 47.6 Å². The van der Waals surface area contributed by atoms with E-state index in [4.69, 9.17) is 4.74 Å². The Morgan fingerprint density at radius 2 is 1.96 bits per heavy atom. The number of nitrogens with zero attached hydrogens (tertiary/aromatic N) is 3. The van der Waals surface area contributed by atoms with E-state index in [-0.39, 0.29) is 12.3 Å². The fraction of sp³-hybridized carbons (Fsp3) is 0.316. The first-order valence-electron chi connectivity index (χ1n) is 9.12. The van der Waals surface area contributed by atoms with E-state index in [9.17, 15) is 9.59 Å². The van der Waals surface area contributed by atoms with Crippen LogP contribution in [0.15, 0.2) is 41.9 Å². The second-order valence-corrected chi connectivity index (χ2v) is 7.27. The number of amides is 2. The van der Waals surface area contributed by atoms with E-state index in [1.165, 1.54) is 11.3 Å². The second-order valence-electron chi connectivity index (χ2n) is 6.43. The van der Waals surface area contributed by atoms with E-state index in [0.717, 1.165) is 29.1 Å². The fourth-order valence-corrected chi connectivity index (χ4v) is 3.94. The average molecular weight is 399 g/mol. The molecular formula is C19H21N5O3S. The lowest BCUT2D eigenvalue weighted by atomic mass is 10.2. The van der Waals surface area contributed by atoms with Crippen LogP contribution in [0.1, 0.15) is 16.9 Å². The van der Waals surface area contributed by atoms with Gasteiger partial charge in [-0.15, -0.1) is 11.3 Å². The summed E-state index contributed by atoms with van der Waals surface area (Å²) in [4.78, 5) is 30.7. The summed E-state index contributed by atoms with van der Waals surface area (Å²) in [6, 6.07) is 10.0. The number of rotatable bonds is 5. The quantitative estimate of drug-likeness (QED) is 0.639. The van der Waals surface area contributed by atoms with Crippen LogP contribution >= 0.6 is 11.3 Å². The Morgan fingerprint density at radius 3 is 2.82 bits per heavy atom. The number of fused-ring (bicyclic) bond motifs is 1. The first kappa shape index (κ1) is 18.5. The molecule has 8 nitrogen and oxygen atoms in total. The summed E-state index contributed by atoms with van der Waals surface area (Å²) in [6.45, 7) is 3.38. The van der Waals surface area contributed by atoms with Crippen molar-refractivity contribution >= 4 is 39.2 Å². The van der Waals surface area contributed by atoms with Crippen molar-refractivity contribution in [2.75, 3.05) is 31.2 Å². The highest BCUT2D eigenvalue weighted by atomic mass is 32.1. The maximum atomic E-state index is 12.2. The van der Waals surface area contributed by atoms with Gasteiger partial charge in [0.25, 0.3) is 5.91 Å². The van der Waals surface area contributed by atoms with Crippen molar-refractivity contribution in [3.63, 3.8) is 0 Å². The Balaban J connectivity index is 1.26. The van der Waals surface area contributed by atoms with Crippen LogP contribution in [0.2, 0.25) is 0 Å². The number of aryl methyl sites for hydroxylation is 1. The number of anilines is 1. The van der Waals surface area contributed by atoms with Gasteiger partial charge >= 0.3 is 0 Å². The number of thiazole rings is 1. The standard InChI is InChI=1S/C19H21N5O3S/c25-17(6-8-23-7-5-14-3-1-2-4-16(14)23)21-22-18(26)15-13-28-19(20-15)24-9-11-27-12-10-24/h1-5,7,13H,6,8-12H2,(H,21,25)(H,22,26). The third-order valence-corrected chi connectivity index (χ3v) is 5.48. The summed E-state index contributed by atoms with van der Waals surface area (Å²) in [7, 11) is 0. The van der Waals surface area contributed by atoms with Crippen molar-refractivity contribution in [3.8, 4) is 0 Å². The van der Waals surface area contributed by atoms with Gasteiger partial charge in [-0.05, 0) is 17.5 Å². The summed E-state index contributed by atoms with van der Waals surface area (Å²) in [5.74, 6) is -0.676. The molecule has 9 heteroatoms. The SMILES string of the molecule is O=C(CCn1ccc2ccccc21)NNC(=O)c1csc(N2CCOCC2)n1. The number of para-hydroxylation sites is 1. The first-order valence-corrected chi connectivity index (χ1v) is 10.00. The molecule has 1 aromatic carbocycles. The van der Waals surface area contributed by atoms with Gasteiger partial charge in [0.05, 0.1) is 13.2 Å². The topological polar surface area (TPSA) is 88.5 Å². The first-order chi connectivity index (χ1) is 13.7. The summed E-state index contributed by atoms with van der Waals surface area (Å²) in [6.07, 6.45) is 2.22. The fourth-order valence-electron chi connectivity index (χ4n) is 3.08. The number of carbonyl (C=O) groups is 2. The number of nitrogens with one attached hydrogen (secondary N) is 2. The van der Waals surface area contributed by atoms with Crippen LogP contribution in [0.4, 0.5) is 5.13 Å². The molecule has 2 amide bonds. The van der Waals surface area contributed by atoms with Crippen LogP contribution in [-0.2, 0) is 16.1 Å². The summed E-state index contributed by atoms with van der Waals surface area (Å²) >= 11 is 1.41. The lowest BCUT2D eigenvalue weighted by Gasteiger charge is -2.25. The summed E-state index contributed by atoms with van der Waals surface area (Å²) < 4.78 is 7.34. The third kappa shape index (κ3) is 4.15. The number of carbonyl (C=O) groups excluding carboxylic acids is 2. The smallest absolute Gasteiger partial charge is 0.289 e. The molecular weight excluding hydrogens is 378 g/mol. The van der Waals surface area contributed by atoms with Gasteiger partial charge < -0.3 is 14.2 Å². The van der Waals surface area contributed by atoms with Gasteiger partial charge in [0.15, 0.2) is 5.13 Å². The average Bonchev–Trinajstić information content (AvgIpc) is 3.39. The molecule has 0 bridgehead atoms. The van der Waals surface area contributed by atoms with Crippen molar-refractivity contribution in [2.45, 2.75) is 13.0 Å². The predicted molar refractivity (Wildman–Crippen MR) is 107 cm³/mol. The number of hydrogen-bond acceptors (Lipinski definition) is 6. The molecule has 1 saturated heterocycles. The van der Waals surface area contributed by atoms with Gasteiger partial charge in [-0.3, -0.25) is 20.4 Å². The molecule has 0 spiro atoms. The van der Waals surface area contributed by atoms with E-state index in [2.05, 4.69) is 20.7 Å². The summed E-state index contributed by atoms with van der Waals surface area (Å²) in [5, 5.41) is 3.62. The molecule has 1 fully saturated rings. The highest BCUT2D eigenvalue weighted by Gasteiger charge is 2.17. The Hall–Kier alpha value is -2.91. The molecule has 2 aromatic heterocycles. The molecule has 1 aliphatic heterocycles. The van der Waals surface area contributed by atoms with E-state index in [1.807, 2.05) is 41.1 Å². The lowest BCUT2D eigenvalue weighted by Crippen LogP contribution is -2.42. The maximum absolute atomic E-state index is 12.2. The van der Waals surface area contributed by atoms with Crippen LogP contribution < -0.4 is 15.8 Å².